The molecule has 0 N–H and O–H groups in total. The molecule has 2 aromatic carbocycles. The first-order valence-corrected chi connectivity index (χ1v) is 7.56. The molecule has 1 aromatic heterocycles. The van der Waals surface area contributed by atoms with E-state index in [-0.39, 0.29) is 0 Å². The molecular formula is C20H18O4. The Labute approximate surface area is 139 Å². The first-order valence-electron chi connectivity index (χ1n) is 7.56. The lowest BCUT2D eigenvalue weighted by Crippen LogP contribution is -2.05. The van der Waals surface area contributed by atoms with Crippen molar-refractivity contribution in [3.05, 3.63) is 69.8 Å². The quantitative estimate of drug-likeness (QED) is 0.719. The third-order valence-electron chi connectivity index (χ3n) is 3.89. The van der Waals surface area contributed by atoms with Crippen molar-refractivity contribution in [2.75, 3.05) is 14.2 Å². The van der Waals surface area contributed by atoms with E-state index in [4.69, 9.17) is 13.9 Å². The van der Waals surface area contributed by atoms with Crippen LogP contribution in [0.15, 0.2) is 51.7 Å². The summed E-state index contributed by atoms with van der Waals surface area (Å²) in [6.45, 7) is 1.85. The monoisotopic (exact) mass is 322 g/mol. The van der Waals surface area contributed by atoms with Crippen LogP contribution in [0.1, 0.15) is 16.9 Å². The van der Waals surface area contributed by atoms with Crippen molar-refractivity contribution >= 4 is 22.9 Å². The topological polar surface area (TPSA) is 48.7 Å². The molecular weight excluding hydrogens is 304 g/mol. The zero-order valence-electron chi connectivity index (χ0n) is 13.8. The van der Waals surface area contributed by atoms with E-state index in [9.17, 15) is 4.79 Å². The van der Waals surface area contributed by atoms with Gasteiger partial charge in [-0.3, -0.25) is 0 Å². The van der Waals surface area contributed by atoms with Gasteiger partial charge in [-0.1, -0.05) is 36.4 Å². The van der Waals surface area contributed by atoms with E-state index in [0.717, 1.165) is 16.5 Å². The van der Waals surface area contributed by atoms with Gasteiger partial charge in [0.1, 0.15) is 22.6 Å². The van der Waals surface area contributed by atoms with E-state index in [1.807, 2.05) is 49.4 Å². The number of hydrogen-bond donors (Lipinski definition) is 0. The summed E-state index contributed by atoms with van der Waals surface area (Å²) in [5.74, 6) is 1.63. The van der Waals surface area contributed by atoms with Crippen LogP contribution < -0.4 is 15.1 Å². The van der Waals surface area contributed by atoms with Crippen LogP contribution in [0.4, 0.5) is 0 Å². The maximum absolute atomic E-state index is 12.4. The zero-order chi connectivity index (χ0) is 17.1. The van der Waals surface area contributed by atoms with Gasteiger partial charge in [0.2, 0.25) is 0 Å². The molecule has 24 heavy (non-hydrogen) atoms. The molecule has 0 saturated carbocycles. The molecule has 0 aliphatic heterocycles. The first kappa shape index (κ1) is 15.9. The lowest BCUT2D eigenvalue weighted by molar-refractivity contribution is 0.391. The van der Waals surface area contributed by atoms with E-state index >= 15 is 0 Å². The summed E-state index contributed by atoms with van der Waals surface area (Å²) >= 11 is 0. The fourth-order valence-electron chi connectivity index (χ4n) is 2.71. The number of benzene rings is 2. The van der Waals surface area contributed by atoms with Crippen molar-refractivity contribution in [1.82, 2.24) is 0 Å². The molecule has 0 aliphatic carbocycles. The van der Waals surface area contributed by atoms with Crippen LogP contribution in [0.5, 0.6) is 11.5 Å². The predicted octanol–water partition coefficient (Wildman–Crippen LogP) is 4.29. The lowest BCUT2D eigenvalue weighted by atomic mass is 10.1. The maximum atomic E-state index is 12.4. The third kappa shape index (κ3) is 2.91. The van der Waals surface area contributed by atoms with Crippen molar-refractivity contribution < 1.29 is 13.9 Å². The predicted molar refractivity (Wildman–Crippen MR) is 95.7 cm³/mol. The summed E-state index contributed by atoms with van der Waals surface area (Å²) in [5.41, 5.74) is 1.37. The molecule has 1 heterocycles. The van der Waals surface area contributed by atoms with Crippen molar-refractivity contribution in [1.29, 1.82) is 0 Å². The number of ether oxygens (including phenoxy) is 2. The van der Waals surface area contributed by atoms with E-state index in [1.54, 1.807) is 19.3 Å². The second-order valence-electron chi connectivity index (χ2n) is 5.38. The Hall–Kier alpha value is -3.01. The van der Waals surface area contributed by atoms with Crippen LogP contribution in [0.25, 0.3) is 22.9 Å². The standard InChI is InChI=1S/C20H18O4/c1-13-17(22-2)12-15-11-16(10-9-14-7-5-4-6-8-14)24-20(21)18(15)19(13)23-3/h4-12H,1-3H3/b10-9+. The van der Waals surface area contributed by atoms with Gasteiger partial charge < -0.3 is 13.9 Å². The van der Waals surface area contributed by atoms with Gasteiger partial charge in [-0.25, -0.2) is 4.79 Å². The number of rotatable bonds is 4. The fraction of sp³-hybridized carbons (Fsp3) is 0.150. The summed E-state index contributed by atoms with van der Waals surface area (Å²) in [6, 6.07) is 13.4. The molecule has 3 aromatic rings. The van der Waals surface area contributed by atoms with Gasteiger partial charge in [-0.2, -0.15) is 0 Å². The number of methoxy groups -OCH3 is 2. The molecule has 0 unspecified atom stereocenters. The van der Waals surface area contributed by atoms with Gasteiger partial charge in [0.25, 0.3) is 0 Å². The zero-order valence-corrected chi connectivity index (χ0v) is 13.8. The van der Waals surface area contributed by atoms with Crippen LogP contribution in [-0.2, 0) is 0 Å². The van der Waals surface area contributed by atoms with E-state index in [1.165, 1.54) is 7.11 Å². The minimum Gasteiger partial charge on any atom is -0.496 e. The van der Waals surface area contributed by atoms with Crippen molar-refractivity contribution in [2.45, 2.75) is 6.92 Å². The molecule has 0 aliphatic rings. The van der Waals surface area contributed by atoms with Crippen LogP contribution in [0.3, 0.4) is 0 Å². The highest BCUT2D eigenvalue weighted by Gasteiger charge is 2.15. The summed E-state index contributed by atoms with van der Waals surface area (Å²) in [6.07, 6.45) is 3.67. The lowest BCUT2D eigenvalue weighted by Gasteiger charge is -2.12. The highest BCUT2D eigenvalue weighted by atomic mass is 16.5. The molecule has 4 nitrogen and oxygen atoms in total. The third-order valence-corrected chi connectivity index (χ3v) is 3.89. The van der Waals surface area contributed by atoms with Gasteiger partial charge in [0, 0.05) is 10.9 Å². The molecule has 4 heteroatoms. The molecule has 0 amide bonds. The van der Waals surface area contributed by atoms with Crippen molar-refractivity contribution in [3.8, 4) is 11.5 Å². The van der Waals surface area contributed by atoms with Crippen LogP contribution in [0.2, 0.25) is 0 Å². The SMILES string of the molecule is COc1cc2cc(/C=C/c3ccccc3)oc(=O)c2c(OC)c1C. The molecule has 0 bridgehead atoms. The Bertz CT molecular complexity index is 953. The van der Waals surface area contributed by atoms with E-state index < -0.39 is 5.63 Å². The largest absolute Gasteiger partial charge is 0.496 e. The average molecular weight is 322 g/mol. The Morgan fingerprint density at radius 3 is 2.42 bits per heavy atom. The van der Waals surface area contributed by atoms with Gasteiger partial charge >= 0.3 is 5.63 Å². The minimum absolute atomic E-state index is 0.424. The number of hydrogen-bond acceptors (Lipinski definition) is 4. The molecule has 0 radical (unpaired) electrons. The molecule has 122 valence electrons. The summed E-state index contributed by atoms with van der Waals surface area (Å²) < 4.78 is 16.2. The summed E-state index contributed by atoms with van der Waals surface area (Å²) in [7, 11) is 3.12. The molecule has 0 fully saturated rings. The minimum atomic E-state index is -0.428. The van der Waals surface area contributed by atoms with E-state index in [0.29, 0.717) is 22.6 Å². The highest BCUT2D eigenvalue weighted by Crippen LogP contribution is 2.34. The Balaban J connectivity index is 2.15. The van der Waals surface area contributed by atoms with Crippen LogP contribution in [0, 0.1) is 6.92 Å². The fourth-order valence-corrected chi connectivity index (χ4v) is 2.71. The van der Waals surface area contributed by atoms with Crippen LogP contribution >= 0.6 is 0 Å². The molecule has 0 saturated heterocycles. The second kappa shape index (κ2) is 6.62. The Morgan fingerprint density at radius 2 is 1.75 bits per heavy atom. The van der Waals surface area contributed by atoms with E-state index in [2.05, 4.69) is 0 Å². The van der Waals surface area contributed by atoms with Crippen molar-refractivity contribution in [2.24, 2.45) is 0 Å². The van der Waals surface area contributed by atoms with Crippen LogP contribution in [-0.4, -0.2) is 14.2 Å². The highest BCUT2D eigenvalue weighted by molar-refractivity contribution is 5.91. The molecule has 0 atom stereocenters. The van der Waals surface area contributed by atoms with Gasteiger partial charge in [0.05, 0.1) is 14.2 Å². The first-order chi connectivity index (χ1) is 11.6. The second-order valence-corrected chi connectivity index (χ2v) is 5.38. The molecule has 3 rings (SSSR count). The smallest absolute Gasteiger partial charge is 0.347 e. The van der Waals surface area contributed by atoms with Gasteiger partial charge in [-0.05, 0) is 30.7 Å². The maximum Gasteiger partial charge on any atom is 0.347 e. The Kier molecular flexibility index (Phi) is 4.38. The van der Waals surface area contributed by atoms with Crippen molar-refractivity contribution in [3.63, 3.8) is 0 Å². The normalized spacial score (nSPS) is 11.1. The summed E-state index contributed by atoms with van der Waals surface area (Å²) in [4.78, 5) is 12.4. The Morgan fingerprint density at radius 1 is 1.00 bits per heavy atom. The summed E-state index contributed by atoms with van der Waals surface area (Å²) in [5, 5.41) is 1.14. The molecule has 0 spiro atoms. The average Bonchev–Trinajstić information content (AvgIpc) is 2.61. The van der Waals surface area contributed by atoms with Gasteiger partial charge in [-0.15, -0.1) is 0 Å². The van der Waals surface area contributed by atoms with Gasteiger partial charge in [0.15, 0.2) is 0 Å². The number of fused-ring (bicyclic) bond motifs is 1.